The van der Waals surface area contributed by atoms with E-state index < -0.39 is 6.03 Å². The summed E-state index contributed by atoms with van der Waals surface area (Å²) >= 11 is 0. The minimum Gasteiger partial charge on any atom is -0.451 e. The number of hydrogen-bond acceptors (Lipinski definition) is 5. The first kappa shape index (κ1) is 17.5. The number of hydrogen-bond donors (Lipinski definition) is 3. The molecular formula is C15H22BN5O4. The molecule has 3 amide bonds. The van der Waals surface area contributed by atoms with Gasteiger partial charge in [-0.2, -0.15) is 10.2 Å². The fraction of sp³-hybridized carbons (Fsp3) is 0.533. The quantitative estimate of drug-likeness (QED) is 0.362. The molecule has 25 heavy (non-hydrogen) atoms. The Hall–Kier alpha value is -2.33. The second-order valence-corrected chi connectivity index (χ2v) is 6.50. The number of rotatable bonds is 7. The van der Waals surface area contributed by atoms with Crippen molar-refractivity contribution < 1.29 is 19.8 Å². The zero-order chi connectivity index (χ0) is 18.0. The molecule has 0 radical (unpaired) electrons. The number of fused-ring (bicyclic) bond motifs is 2. The fourth-order valence-corrected chi connectivity index (χ4v) is 3.01. The van der Waals surface area contributed by atoms with Crippen LogP contribution in [0.15, 0.2) is 18.3 Å². The molecule has 3 N–H and O–H groups in total. The van der Waals surface area contributed by atoms with E-state index >= 15 is 0 Å². The summed E-state index contributed by atoms with van der Waals surface area (Å²) in [5, 5.41) is 26.8. The van der Waals surface area contributed by atoms with Crippen LogP contribution in [-0.2, 0) is 11.2 Å². The van der Waals surface area contributed by atoms with Gasteiger partial charge in [-0.15, -0.1) is 0 Å². The molecule has 2 aliphatic heterocycles. The second kappa shape index (κ2) is 7.28. The number of nitrogens with one attached hydrogen (secondary N) is 1. The third kappa shape index (κ3) is 4.02. The molecule has 3 heterocycles. The first-order valence-corrected chi connectivity index (χ1v) is 8.41. The smallest absolute Gasteiger partial charge is 0.344 e. The highest BCUT2D eigenvalue weighted by Crippen LogP contribution is 2.24. The van der Waals surface area contributed by atoms with E-state index in [1.165, 1.54) is 0 Å². The summed E-state index contributed by atoms with van der Waals surface area (Å²) in [5.74, 6) is -0.117. The van der Waals surface area contributed by atoms with E-state index in [-0.39, 0.29) is 25.3 Å². The van der Waals surface area contributed by atoms with Crippen molar-refractivity contribution in [3.05, 3.63) is 24.0 Å². The maximum absolute atomic E-state index is 11.9. The minimum absolute atomic E-state index is 0.117. The highest BCUT2D eigenvalue weighted by molar-refractivity contribution is 6.48. The van der Waals surface area contributed by atoms with Crippen molar-refractivity contribution in [2.24, 2.45) is 0 Å². The maximum atomic E-state index is 11.9. The van der Waals surface area contributed by atoms with Gasteiger partial charge in [-0.05, 0) is 24.9 Å². The molecule has 1 aromatic heterocycles. The van der Waals surface area contributed by atoms with E-state index in [1.807, 2.05) is 6.08 Å². The summed E-state index contributed by atoms with van der Waals surface area (Å²) in [7, 11) is 0. The maximum Gasteiger partial charge on any atom is 0.344 e. The third-order valence-corrected chi connectivity index (χ3v) is 4.33. The number of aromatic nitrogens is 2. The highest BCUT2D eigenvalue weighted by atomic mass is 16.5. The lowest BCUT2D eigenvalue weighted by Gasteiger charge is -2.20. The van der Waals surface area contributed by atoms with E-state index in [0.717, 1.165) is 17.2 Å². The summed E-state index contributed by atoms with van der Waals surface area (Å²) in [4.78, 5) is 25.2. The van der Waals surface area contributed by atoms with Crippen LogP contribution in [0.1, 0.15) is 12.1 Å². The largest absolute Gasteiger partial charge is 0.451 e. The molecule has 10 heteroatoms. The number of amides is 3. The first-order valence-electron chi connectivity index (χ1n) is 8.41. The lowest BCUT2D eigenvalue weighted by molar-refractivity contribution is -0.120. The molecule has 1 fully saturated rings. The Labute approximate surface area is 146 Å². The van der Waals surface area contributed by atoms with E-state index in [2.05, 4.69) is 10.4 Å². The van der Waals surface area contributed by atoms with Crippen LogP contribution in [0, 0.1) is 0 Å². The summed E-state index contributed by atoms with van der Waals surface area (Å²) in [6.45, 7) is 2.74. The van der Waals surface area contributed by atoms with Crippen molar-refractivity contribution in [3.8, 4) is 0 Å². The van der Waals surface area contributed by atoms with Gasteiger partial charge in [-0.3, -0.25) is 10.0 Å². The van der Waals surface area contributed by atoms with Crippen molar-refractivity contribution in [1.82, 2.24) is 25.1 Å². The van der Waals surface area contributed by atoms with Gasteiger partial charge in [0.25, 0.3) is 6.92 Å². The molecule has 0 spiro atoms. The monoisotopic (exact) mass is 347 g/mol. The Morgan fingerprint density at radius 1 is 1.52 bits per heavy atom. The van der Waals surface area contributed by atoms with Gasteiger partial charge >= 0.3 is 6.03 Å². The van der Waals surface area contributed by atoms with Crippen molar-refractivity contribution in [2.45, 2.75) is 32.0 Å². The summed E-state index contributed by atoms with van der Waals surface area (Å²) < 4.78 is 1.64. The molecule has 9 nitrogen and oxygen atoms in total. The molecule has 0 aliphatic carbocycles. The molecule has 134 valence electrons. The van der Waals surface area contributed by atoms with Crippen LogP contribution in [0.5, 0.6) is 0 Å². The Balaban J connectivity index is 1.54. The Morgan fingerprint density at radius 3 is 3.04 bits per heavy atom. The van der Waals surface area contributed by atoms with Gasteiger partial charge in [0.05, 0.1) is 30.4 Å². The van der Waals surface area contributed by atoms with Crippen LogP contribution in [-0.4, -0.2) is 74.5 Å². The Bertz CT molecular complexity index is 689. The van der Waals surface area contributed by atoms with Crippen LogP contribution >= 0.6 is 0 Å². The molecule has 2 aliphatic rings. The predicted octanol–water partition coefficient (Wildman–Crippen LogP) is -0.105. The minimum atomic E-state index is -0.403. The molecule has 1 aromatic rings. The van der Waals surface area contributed by atoms with Gasteiger partial charge in [0.1, 0.15) is 0 Å². The van der Waals surface area contributed by atoms with Gasteiger partial charge in [0.2, 0.25) is 5.91 Å². The van der Waals surface area contributed by atoms with E-state index in [4.69, 9.17) is 0 Å². The van der Waals surface area contributed by atoms with Gasteiger partial charge in [-0.25, -0.2) is 9.48 Å². The number of carbonyl (C=O) groups excluding carboxylic acids is 2. The number of nitrogens with zero attached hydrogens (tertiary/aromatic N) is 4. The average Bonchev–Trinajstić information content (AvgIpc) is 3.11. The van der Waals surface area contributed by atoms with E-state index in [9.17, 15) is 19.8 Å². The van der Waals surface area contributed by atoms with Crippen molar-refractivity contribution in [2.75, 3.05) is 19.6 Å². The lowest BCUT2D eigenvalue weighted by Crippen LogP contribution is -2.31. The molecule has 2 bridgehead atoms. The van der Waals surface area contributed by atoms with E-state index in [1.54, 1.807) is 28.7 Å². The fourth-order valence-electron chi connectivity index (χ4n) is 3.01. The second-order valence-electron chi connectivity index (χ2n) is 6.50. The molecule has 0 aromatic carbocycles. The molecule has 1 saturated heterocycles. The van der Waals surface area contributed by atoms with Gasteiger partial charge in [0.15, 0.2) is 0 Å². The first-order chi connectivity index (χ1) is 11.9. The normalized spacial score (nSPS) is 19.2. The van der Waals surface area contributed by atoms with Crippen LogP contribution in [0.2, 0.25) is 13.1 Å². The zero-order valence-corrected chi connectivity index (χ0v) is 14.1. The standard InChI is InChI=1S/C15H22BN5O4/c1-16(24)4-2-5-17-14(22)7-11-3-6-20(18-11)12-8-13-10-19(9-12)15(23)21(13)25/h3,6,8,13,24-25H,2,4-5,7,9-10H2,1H3,(H,17,22). The summed E-state index contributed by atoms with van der Waals surface area (Å²) in [5.41, 5.74) is 1.43. The van der Waals surface area contributed by atoms with Crippen LogP contribution in [0.3, 0.4) is 0 Å². The molecule has 3 rings (SSSR count). The van der Waals surface area contributed by atoms with Crippen LogP contribution in [0.4, 0.5) is 4.79 Å². The Morgan fingerprint density at radius 2 is 2.32 bits per heavy atom. The average molecular weight is 347 g/mol. The van der Waals surface area contributed by atoms with Crippen LogP contribution < -0.4 is 5.32 Å². The van der Waals surface area contributed by atoms with Gasteiger partial charge in [-0.1, -0.05) is 6.82 Å². The number of urea groups is 1. The molecule has 0 saturated carbocycles. The van der Waals surface area contributed by atoms with Gasteiger partial charge < -0.3 is 15.2 Å². The molecular weight excluding hydrogens is 325 g/mol. The van der Waals surface area contributed by atoms with Crippen LogP contribution in [0.25, 0.3) is 5.70 Å². The third-order valence-electron chi connectivity index (χ3n) is 4.33. The van der Waals surface area contributed by atoms with Crippen molar-refractivity contribution in [1.29, 1.82) is 0 Å². The topological polar surface area (TPSA) is 111 Å². The molecule has 1 unspecified atom stereocenters. The van der Waals surface area contributed by atoms with E-state index in [0.29, 0.717) is 31.6 Å². The summed E-state index contributed by atoms with van der Waals surface area (Å²) in [6.07, 6.45) is 5.12. The SMILES string of the molecule is CB(O)CCCNC(=O)Cc1ccn(C2=CC3CN(C2)C(=O)N3O)n1. The Kier molecular flexibility index (Phi) is 5.09. The highest BCUT2D eigenvalue weighted by Gasteiger charge is 2.39. The zero-order valence-electron chi connectivity index (χ0n) is 14.1. The van der Waals surface area contributed by atoms with Crippen molar-refractivity contribution >= 4 is 24.6 Å². The lowest BCUT2D eigenvalue weighted by atomic mass is 9.67. The summed E-state index contributed by atoms with van der Waals surface area (Å²) in [6, 6.07) is 1.00. The number of hydroxylamine groups is 2. The van der Waals surface area contributed by atoms with Crippen molar-refractivity contribution in [3.63, 3.8) is 0 Å². The number of carbonyl (C=O) groups is 2. The predicted molar refractivity (Wildman–Crippen MR) is 90.9 cm³/mol. The molecule has 1 atom stereocenters. The van der Waals surface area contributed by atoms with Gasteiger partial charge in [0, 0.05) is 19.3 Å².